The van der Waals surface area contributed by atoms with Gasteiger partial charge in [0.25, 0.3) is 0 Å². The quantitative estimate of drug-likeness (QED) is 0.732. The number of aromatic nitrogens is 1. The number of rotatable bonds is 5. The SMILES string of the molecule is COC(=O)c1ccoc1COC(=O)Cc1c[nH]c2ccccc12. The molecule has 0 atom stereocenters. The number of carbonyl (C=O) groups excluding carboxylic acids is 2. The Morgan fingerprint density at radius 1 is 1.22 bits per heavy atom. The Morgan fingerprint density at radius 3 is 2.87 bits per heavy atom. The van der Waals surface area contributed by atoms with Crippen molar-refractivity contribution < 1.29 is 23.5 Å². The number of para-hydroxylation sites is 1. The highest BCUT2D eigenvalue weighted by atomic mass is 16.5. The first kappa shape index (κ1) is 14.9. The topological polar surface area (TPSA) is 81.5 Å². The van der Waals surface area contributed by atoms with Crippen molar-refractivity contribution in [1.29, 1.82) is 0 Å². The monoisotopic (exact) mass is 313 g/mol. The van der Waals surface area contributed by atoms with Crippen molar-refractivity contribution in [3.05, 3.63) is 59.7 Å². The van der Waals surface area contributed by atoms with Crippen LogP contribution >= 0.6 is 0 Å². The summed E-state index contributed by atoms with van der Waals surface area (Å²) < 4.78 is 15.0. The Kier molecular flexibility index (Phi) is 4.14. The largest absolute Gasteiger partial charge is 0.465 e. The van der Waals surface area contributed by atoms with Crippen molar-refractivity contribution in [2.45, 2.75) is 13.0 Å². The standard InChI is InChI=1S/C17H15NO5/c1-21-17(20)13-6-7-22-15(13)10-23-16(19)8-11-9-18-14-5-3-2-4-12(11)14/h2-7,9,18H,8,10H2,1H3. The smallest absolute Gasteiger partial charge is 0.341 e. The van der Waals surface area contributed by atoms with Crippen LogP contribution in [0.1, 0.15) is 21.7 Å². The van der Waals surface area contributed by atoms with Gasteiger partial charge in [0.1, 0.15) is 12.2 Å². The molecular weight excluding hydrogens is 298 g/mol. The van der Waals surface area contributed by atoms with Gasteiger partial charge in [0.15, 0.2) is 5.76 Å². The van der Waals surface area contributed by atoms with Gasteiger partial charge < -0.3 is 18.9 Å². The highest BCUT2D eigenvalue weighted by Crippen LogP contribution is 2.19. The van der Waals surface area contributed by atoms with Crippen molar-refractivity contribution in [2.24, 2.45) is 0 Å². The van der Waals surface area contributed by atoms with E-state index in [2.05, 4.69) is 9.72 Å². The van der Waals surface area contributed by atoms with Crippen LogP contribution in [0.15, 0.2) is 47.2 Å². The van der Waals surface area contributed by atoms with E-state index in [0.717, 1.165) is 16.5 Å². The lowest BCUT2D eigenvalue weighted by Crippen LogP contribution is -2.10. The van der Waals surface area contributed by atoms with Gasteiger partial charge in [0, 0.05) is 17.1 Å². The molecule has 6 heteroatoms. The average molecular weight is 313 g/mol. The third-order valence-electron chi connectivity index (χ3n) is 3.52. The number of hydrogen-bond acceptors (Lipinski definition) is 5. The van der Waals surface area contributed by atoms with Gasteiger partial charge in [0.05, 0.1) is 19.8 Å². The van der Waals surface area contributed by atoms with E-state index >= 15 is 0 Å². The molecule has 1 N–H and O–H groups in total. The van der Waals surface area contributed by atoms with E-state index in [1.165, 1.54) is 19.4 Å². The molecule has 6 nitrogen and oxygen atoms in total. The zero-order chi connectivity index (χ0) is 16.2. The number of fused-ring (bicyclic) bond motifs is 1. The molecule has 23 heavy (non-hydrogen) atoms. The van der Waals surface area contributed by atoms with Crippen LogP contribution in [0.4, 0.5) is 0 Å². The van der Waals surface area contributed by atoms with Gasteiger partial charge >= 0.3 is 11.9 Å². The number of furan rings is 1. The third kappa shape index (κ3) is 3.11. The highest BCUT2D eigenvalue weighted by Gasteiger charge is 2.17. The predicted molar refractivity (Wildman–Crippen MR) is 81.8 cm³/mol. The van der Waals surface area contributed by atoms with Gasteiger partial charge in [-0.2, -0.15) is 0 Å². The second-order valence-corrected chi connectivity index (χ2v) is 4.95. The van der Waals surface area contributed by atoms with Gasteiger partial charge in [-0.1, -0.05) is 18.2 Å². The minimum absolute atomic E-state index is 0.112. The van der Waals surface area contributed by atoms with E-state index in [4.69, 9.17) is 9.15 Å². The van der Waals surface area contributed by atoms with Gasteiger partial charge in [-0.15, -0.1) is 0 Å². The summed E-state index contributed by atoms with van der Waals surface area (Å²) >= 11 is 0. The number of methoxy groups -OCH3 is 1. The molecule has 1 aromatic carbocycles. The van der Waals surface area contributed by atoms with Crippen molar-refractivity contribution in [3.63, 3.8) is 0 Å². The zero-order valence-corrected chi connectivity index (χ0v) is 12.5. The molecule has 2 aromatic heterocycles. The first-order valence-electron chi connectivity index (χ1n) is 7.04. The summed E-state index contributed by atoms with van der Waals surface area (Å²) in [5, 5.41) is 0.984. The van der Waals surface area contributed by atoms with E-state index in [9.17, 15) is 9.59 Å². The van der Waals surface area contributed by atoms with Crippen molar-refractivity contribution >= 4 is 22.8 Å². The lowest BCUT2D eigenvalue weighted by Gasteiger charge is -2.04. The van der Waals surface area contributed by atoms with E-state index in [-0.39, 0.29) is 24.4 Å². The van der Waals surface area contributed by atoms with Crippen LogP contribution < -0.4 is 0 Å². The van der Waals surface area contributed by atoms with Crippen LogP contribution in [0, 0.1) is 0 Å². The van der Waals surface area contributed by atoms with Crippen LogP contribution in [0.3, 0.4) is 0 Å². The number of esters is 2. The zero-order valence-electron chi connectivity index (χ0n) is 12.5. The molecule has 118 valence electrons. The molecule has 0 saturated heterocycles. The average Bonchev–Trinajstić information content (AvgIpc) is 3.19. The van der Waals surface area contributed by atoms with Crippen LogP contribution in [0.5, 0.6) is 0 Å². The van der Waals surface area contributed by atoms with Gasteiger partial charge in [0.2, 0.25) is 0 Å². The fraction of sp³-hybridized carbons (Fsp3) is 0.176. The number of carbonyl (C=O) groups is 2. The van der Waals surface area contributed by atoms with Gasteiger partial charge in [-0.3, -0.25) is 4.79 Å². The van der Waals surface area contributed by atoms with Crippen LogP contribution in [0.2, 0.25) is 0 Å². The third-order valence-corrected chi connectivity index (χ3v) is 3.52. The molecule has 0 aliphatic heterocycles. The summed E-state index contributed by atoms with van der Waals surface area (Å²) in [5.74, 6) is -0.660. The highest BCUT2D eigenvalue weighted by molar-refractivity contribution is 5.90. The Balaban J connectivity index is 1.64. The molecule has 3 aromatic rings. The second-order valence-electron chi connectivity index (χ2n) is 4.95. The van der Waals surface area contributed by atoms with Crippen LogP contribution in [-0.4, -0.2) is 24.0 Å². The molecule has 0 aliphatic rings. The summed E-state index contributed by atoms with van der Waals surface area (Å²) in [6.45, 7) is -0.112. The fourth-order valence-electron chi connectivity index (χ4n) is 2.37. The first-order chi connectivity index (χ1) is 11.2. The number of nitrogens with one attached hydrogen (secondary N) is 1. The minimum atomic E-state index is -0.526. The maximum atomic E-state index is 12.0. The molecule has 2 heterocycles. The number of aromatic amines is 1. The minimum Gasteiger partial charge on any atom is -0.465 e. The van der Waals surface area contributed by atoms with E-state index in [1.54, 1.807) is 6.20 Å². The molecular formula is C17H15NO5. The first-order valence-corrected chi connectivity index (χ1v) is 7.04. The van der Waals surface area contributed by atoms with E-state index in [0.29, 0.717) is 0 Å². The summed E-state index contributed by atoms with van der Waals surface area (Å²) in [6.07, 6.45) is 3.28. The molecule has 0 fully saturated rings. The fourth-order valence-corrected chi connectivity index (χ4v) is 2.37. The van der Waals surface area contributed by atoms with Crippen molar-refractivity contribution in [1.82, 2.24) is 4.98 Å². The van der Waals surface area contributed by atoms with E-state index in [1.807, 2.05) is 24.3 Å². The molecule has 0 saturated carbocycles. The van der Waals surface area contributed by atoms with Crippen LogP contribution in [0.25, 0.3) is 10.9 Å². The number of hydrogen-bond donors (Lipinski definition) is 1. The summed E-state index contributed by atoms with van der Waals surface area (Å²) in [6, 6.07) is 9.20. The molecule has 0 spiro atoms. The molecule has 0 aliphatic carbocycles. The normalized spacial score (nSPS) is 10.7. The summed E-state index contributed by atoms with van der Waals surface area (Å²) in [5.41, 5.74) is 2.08. The molecule has 0 amide bonds. The number of benzene rings is 1. The number of ether oxygens (including phenoxy) is 2. The molecule has 0 radical (unpaired) electrons. The lowest BCUT2D eigenvalue weighted by atomic mass is 10.1. The Bertz CT molecular complexity index is 845. The lowest BCUT2D eigenvalue weighted by molar-refractivity contribution is -0.144. The predicted octanol–water partition coefficient (Wildman–Crippen LogP) is 2.83. The molecule has 3 rings (SSSR count). The van der Waals surface area contributed by atoms with E-state index < -0.39 is 11.9 Å². The number of H-pyrrole nitrogens is 1. The second kappa shape index (κ2) is 6.39. The maximum absolute atomic E-state index is 12.0. The van der Waals surface area contributed by atoms with Gasteiger partial charge in [-0.25, -0.2) is 4.79 Å². The summed E-state index contributed by atoms with van der Waals surface area (Å²) in [7, 11) is 1.28. The molecule has 0 bridgehead atoms. The Labute approximate surface area is 132 Å². The maximum Gasteiger partial charge on any atom is 0.341 e. The molecule has 0 unspecified atom stereocenters. The summed E-state index contributed by atoms with van der Waals surface area (Å²) in [4.78, 5) is 26.6. The van der Waals surface area contributed by atoms with Crippen LogP contribution in [-0.2, 0) is 27.3 Å². The van der Waals surface area contributed by atoms with Crippen molar-refractivity contribution in [2.75, 3.05) is 7.11 Å². The van der Waals surface area contributed by atoms with Gasteiger partial charge in [-0.05, 0) is 17.7 Å². The van der Waals surface area contributed by atoms with Crippen molar-refractivity contribution in [3.8, 4) is 0 Å². The Hall–Kier alpha value is -3.02. The Morgan fingerprint density at radius 2 is 2.04 bits per heavy atom.